The van der Waals surface area contributed by atoms with Gasteiger partial charge >= 0.3 is 5.97 Å². The SMILES string of the molecule is CCCNC(Cn1ccnc1CC)C(=O)OCC. The number of rotatable bonds is 8. The maximum atomic E-state index is 11.9. The zero-order chi connectivity index (χ0) is 13.4. The highest BCUT2D eigenvalue weighted by molar-refractivity contribution is 5.75. The molecule has 1 N–H and O–H groups in total. The van der Waals surface area contributed by atoms with E-state index in [4.69, 9.17) is 4.74 Å². The van der Waals surface area contributed by atoms with Crippen LogP contribution in [0.5, 0.6) is 0 Å². The minimum atomic E-state index is -0.301. The van der Waals surface area contributed by atoms with E-state index in [-0.39, 0.29) is 12.0 Å². The van der Waals surface area contributed by atoms with Crippen LogP contribution in [0.2, 0.25) is 0 Å². The quantitative estimate of drug-likeness (QED) is 0.711. The van der Waals surface area contributed by atoms with Gasteiger partial charge in [-0.3, -0.25) is 4.79 Å². The van der Waals surface area contributed by atoms with E-state index in [0.29, 0.717) is 13.2 Å². The van der Waals surface area contributed by atoms with Crippen LogP contribution in [-0.4, -0.2) is 34.7 Å². The number of ether oxygens (including phenoxy) is 1. The van der Waals surface area contributed by atoms with Crippen molar-refractivity contribution in [1.82, 2.24) is 14.9 Å². The third-order valence-corrected chi connectivity index (χ3v) is 2.71. The molecule has 0 radical (unpaired) electrons. The normalized spacial score (nSPS) is 12.4. The molecule has 0 saturated carbocycles. The molecule has 1 rings (SSSR count). The molecule has 0 fully saturated rings. The van der Waals surface area contributed by atoms with E-state index >= 15 is 0 Å². The van der Waals surface area contributed by atoms with Gasteiger partial charge in [-0.15, -0.1) is 0 Å². The number of carbonyl (C=O) groups is 1. The fourth-order valence-corrected chi connectivity index (χ4v) is 1.80. The number of imidazole rings is 1. The van der Waals surface area contributed by atoms with Crippen LogP contribution in [0, 0.1) is 0 Å². The summed E-state index contributed by atoms with van der Waals surface area (Å²) in [4.78, 5) is 16.1. The Morgan fingerprint density at radius 2 is 2.28 bits per heavy atom. The van der Waals surface area contributed by atoms with Crippen LogP contribution in [0.15, 0.2) is 12.4 Å². The van der Waals surface area contributed by atoms with Gasteiger partial charge in [-0.1, -0.05) is 13.8 Å². The zero-order valence-electron chi connectivity index (χ0n) is 11.5. The molecule has 0 aliphatic rings. The van der Waals surface area contributed by atoms with Crippen LogP contribution in [0.4, 0.5) is 0 Å². The smallest absolute Gasteiger partial charge is 0.324 e. The molecule has 102 valence electrons. The second-order valence-corrected chi connectivity index (χ2v) is 4.11. The van der Waals surface area contributed by atoms with Gasteiger partial charge in [0.05, 0.1) is 6.61 Å². The standard InChI is InChI=1S/C13H23N3O2/c1-4-7-14-11(13(17)18-6-3)10-16-9-8-15-12(16)5-2/h8-9,11,14H,4-7,10H2,1-3H3. The Morgan fingerprint density at radius 3 is 2.89 bits per heavy atom. The lowest BCUT2D eigenvalue weighted by Gasteiger charge is -2.18. The van der Waals surface area contributed by atoms with Crippen molar-refractivity contribution in [3.8, 4) is 0 Å². The number of aromatic nitrogens is 2. The first-order chi connectivity index (χ1) is 8.72. The van der Waals surface area contributed by atoms with Crippen molar-refractivity contribution in [2.24, 2.45) is 0 Å². The Kier molecular flexibility index (Phi) is 6.43. The van der Waals surface area contributed by atoms with Crippen molar-refractivity contribution in [1.29, 1.82) is 0 Å². The Morgan fingerprint density at radius 1 is 1.50 bits per heavy atom. The molecule has 0 spiro atoms. The van der Waals surface area contributed by atoms with Crippen LogP contribution in [0.3, 0.4) is 0 Å². The average Bonchev–Trinajstić information content (AvgIpc) is 2.81. The molecular formula is C13H23N3O2. The molecule has 0 aromatic carbocycles. The first kappa shape index (κ1) is 14.7. The van der Waals surface area contributed by atoms with E-state index in [2.05, 4.69) is 24.1 Å². The van der Waals surface area contributed by atoms with Gasteiger partial charge in [0.1, 0.15) is 11.9 Å². The number of hydrogen-bond acceptors (Lipinski definition) is 4. The van der Waals surface area contributed by atoms with Gasteiger partial charge in [0, 0.05) is 25.4 Å². The van der Waals surface area contributed by atoms with E-state index in [1.54, 1.807) is 6.20 Å². The summed E-state index contributed by atoms with van der Waals surface area (Å²) in [6.45, 7) is 7.74. The second-order valence-electron chi connectivity index (χ2n) is 4.11. The van der Waals surface area contributed by atoms with Crippen LogP contribution >= 0.6 is 0 Å². The van der Waals surface area contributed by atoms with E-state index < -0.39 is 0 Å². The number of nitrogens with zero attached hydrogens (tertiary/aromatic N) is 2. The largest absolute Gasteiger partial charge is 0.465 e. The first-order valence-electron chi connectivity index (χ1n) is 6.62. The summed E-state index contributed by atoms with van der Waals surface area (Å²) < 4.78 is 7.09. The number of carbonyl (C=O) groups excluding carboxylic acids is 1. The third kappa shape index (κ3) is 4.14. The molecule has 0 aliphatic carbocycles. The molecule has 1 heterocycles. The van der Waals surface area contributed by atoms with Gasteiger partial charge < -0.3 is 14.6 Å². The maximum Gasteiger partial charge on any atom is 0.324 e. The number of esters is 1. The minimum Gasteiger partial charge on any atom is -0.465 e. The van der Waals surface area contributed by atoms with Crippen molar-refractivity contribution in [3.05, 3.63) is 18.2 Å². The average molecular weight is 253 g/mol. The summed E-state index contributed by atoms with van der Waals surface area (Å²) in [6.07, 6.45) is 5.51. The van der Waals surface area contributed by atoms with E-state index in [1.807, 2.05) is 17.7 Å². The summed E-state index contributed by atoms with van der Waals surface area (Å²) in [7, 11) is 0. The molecule has 0 saturated heterocycles. The number of aryl methyl sites for hydroxylation is 1. The van der Waals surface area contributed by atoms with Gasteiger partial charge in [-0.25, -0.2) is 4.98 Å². The summed E-state index contributed by atoms with van der Waals surface area (Å²) in [5.74, 6) is 0.796. The molecule has 1 aromatic rings. The van der Waals surface area contributed by atoms with Crippen LogP contribution < -0.4 is 5.32 Å². The Balaban J connectivity index is 2.68. The fourth-order valence-electron chi connectivity index (χ4n) is 1.80. The lowest BCUT2D eigenvalue weighted by atomic mass is 10.2. The summed E-state index contributed by atoms with van der Waals surface area (Å²) in [6, 6.07) is -0.301. The summed E-state index contributed by atoms with van der Waals surface area (Å²) in [5, 5.41) is 3.22. The van der Waals surface area contributed by atoms with Crippen molar-refractivity contribution in [2.75, 3.05) is 13.2 Å². The fraction of sp³-hybridized carbons (Fsp3) is 0.692. The molecule has 0 aliphatic heterocycles. The molecule has 1 atom stereocenters. The van der Waals surface area contributed by atoms with Crippen LogP contribution in [0.1, 0.15) is 33.0 Å². The molecular weight excluding hydrogens is 230 g/mol. The predicted molar refractivity (Wildman–Crippen MR) is 70.3 cm³/mol. The lowest BCUT2D eigenvalue weighted by Crippen LogP contribution is -2.42. The summed E-state index contributed by atoms with van der Waals surface area (Å²) >= 11 is 0. The van der Waals surface area contributed by atoms with Crippen molar-refractivity contribution in [3.63, 3.8) is 0 Å². The molecule has 5 heteroatoms. The minimum absolute atomic E-state index is 0.193. The van der Waals surface area contributed by atoms with Gasteiger partial charge in [0.25, 0.3) is 0 Å². The lowest BCUT2D eigenvalue weighted by molar-refractivity contribution is -0.146. The monoisotopic (exact) mass is 253 g/mol. The highest BCUT2D eigenvalue weighted by Gasteiger charge is 2.20. The predicted octanol–water partition coefficient (Wildman–Crippen LogP) is 1.38. The van der Waals surface area contributed by atoms with E-state index in [0.717, 1.165) is 25.2 Å². The van der Waals surface area contributed by atoms with Crippen LogP contribution in [0.25, 0.3) is 0 Å². The van der Waals surface area contributed by atoms with Gasteiger partial charge in [0.15, 0.2) is 0 Å². The molecule has 18 heavy (non-hydrogen) atoms. The van der Waals surface area contributed by atoms with Gasteiger partial charge in [-0.2, -0.15) is 0 Å². The Bertz CT molecular complexity index is 363. The summed E-state index contributed by atoms with van der Waals surface area (Å²) in [5.41, 5.74) is 0. The van der Waals surface area contributed by atoms with Crippen molar-refractivity contribution in [2.45, 2.75) is 46.2 Å². The highest BCUT2D eigenvalue weighted by Crippen LogP contribution is 2.02. The number of nitrogens with one attached hydrogen (secondary N) is 1. The molecule has 5 nitrogen and oxygen atoms in total. The zero-order valence-corrected chi connectivity index (χ0v) is 11.5. The number of hydrogen-bond donors (Lipinski definition) is 1. The Labute approximate surface area is 109 Å². The van der Waals surface area contributed by atoms with E-state index in [1.165, 1.54) is 0 Å². The maximum absolute atomic E-state index is 11.9. The van der Waals surface area contributed by atoms with Crippen LogP contribution in [-0.2, 0) is 22.5 Å². The Hall–Kier alpha value is -1.36. The molecule has 0 bridgehead atoms. The van der Waals surface area contributed by atoms with E-state index in [9.17, 15) is 4.79 Å². The van der Waals surface area contributed by atoms with Gasteiger partial charge in [0.2, 0.25) is 0 Å². The second kappa shape index (κ2) is 7.87. The van der Waals surface area contributed by atoms with Gasteiger partial charge in [-0.05, 0) is 19.9 Å². The van der Waals surface area contributed by atoms with Crippen molar-refractivity contribution < 1.29 is 9.53 Å². The topological polar surface area (TPSA) is 56.2 Å². The molecule has 1 aromatic heterocycles. The third-order valence-electron chi connectivity index (χ3n) is 2.71. The highest BCUT2D eigenvalue weighted by atomic mass is 16.5. The van der Waals surface area contributed by atoms with Crippen molar-refractivity contribution >= 4 is 5.97 Å². The molecule has 1 unspecified atom stereocenters. The first-order valence-corrected chi connectivity index (χ1v) is 6.62. The molecule has 0 amide bonds.